The third-order valence-electron chi connectivity index (χ3n) is 6.01. The number of halogens is 4. The number of carbonyl (C=O) groups excluding carboxylic acids is 1. The van der Waals surface area contributed by atoms with Gasteiger partial charge in [-0.3, -0.25) is 14.9 Å². The molecule has 0 aromatic carbocycles. The maximum Gasteiger partial charge on any atom is 0.379 e. The number of aromatic amines is 1. The first-order valence-corrected chi connectivity index (χ1v) is 11.2. The fourth-order valence-electron chi connectivity index (χ4n) is 3.66. The summed E-state index contributed by atoms with van der Waals surface area (Å²) in [4.78, 5) is 15.1. The van der Waals surface area contributed by atoms with E-state index in [2.05, 4.69) is 31.1 Å². The molecule has 2 aliphatic carbocycles. The van der Waals surface area contributed by atoms with Crippen LogP contribution in [-0.4, -0.2) is 70.0 Å². The Morgan fingerprint density at radius 2 is 1.89 bits per heavy atom. The Labute approximate surface area is 199 Å². The molecule has 2 aliphatic rings. The van der Waals surface area contributed by atoms with Gasteiger partial charge in [0.15, 0.2) is 0 Å². The average Bonchev–Trinajstić information content (AvgIpc) is 3.69. The van der Waals surface area contributed by atoms with Crippen molar-refractivity contribution < 1.29 is 27.5 Å². The Morgan fingerprint density at radius 1 is 1.17 bits per heavy atom. The van der Waals surface area contributed by atoms with Crippen LogP contribution in [0.4, 0.5) is 28.9 Å². The van der Waals surface area contributed by atoms with Gasteiger partial charge in [-0.25, -0.2) is 4.39 Å². The predicted molar refractivity (Wildman–Crippen MR) is 123 cm³/mol. The van der Waals surface area contributed by atoms with Crippen molar-refractivity contribution in [3.63, 3.8) is 0 Å². The lowest BCUT2D eigenvalue weighted by Gasteiger charge is -2.19. The van der Waals surface area contributed by atoms with Crippen LogP contribution in [0.25, 0.3) is 11.4 Å². The molecular weight excluding hydrogens is 470 g/mol. The summed E-state index contributed by atoms with van der Waals surface area (Å²) in [7, 11) is 0. The zero-order valence-electron chi connectivity index (χ0n) is 19.0. The molecule has 0 bridgehead atoms. The Kier molecular flexibility index (Phi) is 8.65. The van der Waals surface area contributed by atoms with E-state index in [0.717, 1.165) is 18.5 Å². The van der Waals surface area contributed by atoms with E-state index < -0.39 is 18.5 Å². The molecule has 35 heavy (non-hydrogen) atoms. The molecule has 2 heterocycles. The number of aliphatic hydroxyl groups excluding tert-OH is 1. The van der Waals surface area contributed by atoms with Crippen molar-refractivity contribution in [3.05, 3.63) is 24.0 Å². The number of pyridine rings is 1. The molecule has 1 atom stereocenters. The smallest absolute Gasteiger partial charge is 0.379 e. The van der Waals surface area contributed by atoms with Gasteiger partial charge in [0.25, 0.3) is 0 Å². The molecule has 1 unspecified atom stereocenters. The molecule has 2 aromatic heterocycles. The van der Waals surface area contributed by atoms with Crippen molar-refractivity contribution >= 4 is 24.0 Å². The maximum atomic E-state index is 14.0. The molecule has 0 saturated heterocycles. The number of aromatic nitrogens is 3. The second-order valence-electron chi connectivity index (χ2n) is 8.83. The van der Waals surface area contributed by atoms with E-state index in [0.29, 0.717) is 61.3 Å². The number of nitrogens with zero attached hydrogens (tertiary/aromatic N) is 2. The second kappa shape index (κ2) is 11.5. The highest BCUT2D eigenvalue weighted by Gasteiger charge is 2.44. The Hall–Kier alpha value is -3.22. The third-order valence-corrected chi connectivity index (χ3v) is 6.01. The van der Waals surface area contributed by atoms with Gasteiger partial charge in [-0.05, 0) is 44.6 Å². The molecule has 2 aromatic rings. The van der Waals surface area contributed by atoms with Crippen LogP contribution in [0, 0.1) is 5.41 Å². The van der Waals surface area contributed by atoms with Gasteiger partial charge in [-0.15, -0.1) is 0 Å². The number of H-pyrrole nitrogens is 1. The van der Waals surface area contributed by atoms with Gasteiger partial charge < -0.3 is 26.5 Å². The van der Waals surface area contributed by atoms with Gasteiger partial charge in [0.2, 0.25) is 6.41 Å². The van der Waals surface area contributed by atoms with E-state index in [1.165, 1.54) is 6.21 Å². The average molecular weight is 500 g/mol. The van der Waals surface area contributed by atoms with Crippen LogP contribution in [0.2, 0.25) is 0 Å². The lowest BCUT2D eigenvalue weighted by molar-refractivity contribution is -0.110. The summed E-state index contributed by atoms with van der Waals surface area (Å²) < 4.78 is 43.0. The van der Waals surface area contributed by atoms with Crippen molar-refractivity contribution in [2.24, 2.45) is 0 Å². The molecule has 2 fully saturated rings. The number of rotatable bonds is 13. The predicted octanol–water partition coefficient (Wildman–Crippen LogP) is 3.39. The molecule has 0 radical (unpaired) electrons. The van der Waals surface area contributed by atoms with Gasteiger partial charge in [-0.1, -0.05) is 0 Å². The van der Waals surface area contributed by atoms with Gasteiger partial charge in [0.1, 0.15) is 11.4 Å². The molecule has 2 saturated carbocycles. The molecule has 1 amide bonds. The number of amides is 1. The van der Waals surface area contributed by atoms with E-state index in [9.17, 15) is 27.5 Å². The number of alkyl halides is 4. The minimum Gasteiger partial charge on any atom is -0.393 e. The quantitative estimate of drug-likeness (QED) is 0.142. The Bertz CT molecular complexity index is 993. The molecule has 6 N–H and O–H groups in total. The first-order chi connectivity index (χ1) is 16.7. The van der Waals surface area contributed by atoms with Gasteiger partial charge in [-0.2, -0.15) is 18.3 Å². The number of nitrogens with one attached hydrogen (secondary N) is 5. The largest absolute Gasteiger partial charge is 0.393 e. The van der Waals surface area contributed by atoms with Gasteiger partial charge >= 0.3 is 6.68 Å². The lowest BCUT2D eigenvalue weighted by Crippen LogP contribution is -2.34. The molecule has 0 aliphatic heterocycles. The van der Waals surface area contributed by atoms with Crippen LogP contribution >= 0.6 is 0 Å². The summed E-state index contributed by atoms with van der Waals surface area (Å²) in [6.07, 6.45) is 8.60. The van der Waals surface area contributed by atoms with Crippen LogP contribution in [0.15, 0.2) is 18.5 Å². The fourth-order valence-corrected chi connectivity index (χ4v) is 3.66. The molecule has 0 spiro atoms. The molecule has 4 rings (SSSR count). The number of hydrogen-bond donors (Lipinski definition) is 6. The third kappa shape index (κ3) is 7.91. The summed E-state index contributed by atoms with van der Waals surface area (Å²) >= 11 is 0. The summed E-state index contributed by atoms with van der Waals surface area (Å²) in [5.74, 6) is 0. The number of carbonyl (C=O) groups is 1. The molecule has 9 nitrogen and oxygen atoms in total. The van der Waals surface area contributed by atoms with Crippen LogP contribution < -0.4 is 16.0 Å². The number of anilines is 2. The first kappa shape index (κ1) is 26.4. The Balaban J connectivity index is 0.000000795. The van der Waals surface area contributed by atoms with Crippen LogP contribution in [0.1, 0.15) is 44.1 Å². The van der Waals surface area contributed by atoms with Crippen molar-refractivity contribution in [2.75, 3.05) is 23.7 Å². The SMILES string of the molecule is FC(F)F.N=Cc1cnc(-c2[nH]ncc2NCCC(O)CC2(NC=O)CC2)cc1NCC1(F)CC1. The van der Waals surface area contributed by atoms with Crippen LogP contribution in [0.3, 0.4) is 0 Å². The minimum absolute atomic E-state index is 0.212. The summed E-state index contributed by atoms with van der Waals surface area (Å²) in [5.41, 5.74) is 1.89. The van der Waals surface area contributed by atoms with Crippen molar-refractivity contribution in [3.8, 4) is 11.4 Å². The van der Waals surface area contributed by atoms with E-state index in [1.54, 1.807) is 18.5 Å². The van der Waals surface area contributed by atoms with E-state index in [1.807, 2.05) is 0 Å². The maximum absolute atomic E-state index is 14.0. The normalized spacial score (nSPS) is 17.5. The zero-order chi connectivity index (χ0) is 25.5. The van der Waals surface area contributed by atoms with Crippen LogP contribution in [0.5, 0.6) is 0 Å². The van der Waals surface area contributed by atoms with Crippen molar-refractivity contribution in [2.45, 2.75) is 62.5 Å². The molecular formula is C22H29F4N7O2. The van der Waals surface area contributed by atoms with E-state index >= 15 is 0 Å². The number of aliphatic hydroxyl groups is 1. The zero-order valence-corrected chi connectivity index (χ0v) is 19.0. The standard InChI is InChI=1S/C21H28FN7O2.CHF3/c22-20(2-3-20)12-26-16-7-17(25-10-14(16)9-23)19-18(11-28-29-19)24-6-1-15(31)8-21(4-5-21)27-13-30;2-1(3)4/h7,9-11,13,15,23-24,31H,1-6,8,12H2,(H,25,26)(H,27,30)(H,28,29);1H. The molecule has 13 heteroatoms. The highest BCUT2D eigenvalue weighted by atomic mass is 19.4. The Morgan fingerprint density at radius 3 is 2.49 bits per heavy atom. The van der Waals surface area contributed by atoms with Gasteiger partial charge in [0.05, 0.1) is 23.7 Å². The highest BCUT2D eigenvalue weighted by molar-refractivity contribution is 5.87. The summed E-state index contributed by atoms with van der Waals surface area (Å²) in [6, 6.07) is 1.78. The second-order valence-corrected chi connectivity index (χ2v) is 8.83. The summed E-state index contributed by atoms with van der Waals surface area (Å²) in [5, 5.41) is 34.1. The topological polar surface area (TPSA) is 139 Å². The summed E-state index contributed by atoms with van der Waals surface area (Å²) in [6.45, 7) is -2.93. The van der Waals surface area contributed by atoms with Crippen LogP contribution in [-0.2, 0) is 4.79 Å². The lowest BCUT2D eigenvalue weighted by atomic mass is 10.1. The molecule has 192 valence electrons. The van der Waals surface area contributed by atoms with E-state index in [-0.39, 0.29) is 12.1 Å². The highest BCUT2D eigenvalue weighted by Crippen LogP contribution is 2.40. The van der Waals surface area contributed by atoms with Gasteiger partial charge in [0, 0.05) is 42.3 Å². The number of hydrogen-bond acceptors (Lipinski definition) is 7. The van der Waals surface area contributed by atoms with E-state index in [4.69, 9.17) is 5.41 Å². The van der Waals surface area contributed by atoms with Crippen molar-refractivity contribution in [1.29, 1.82) is 5.41 Å². The van der Waals surface area contributed by atoms with Crippen molar-refractivity contribution in [1.82, 2.24) is 20.5 Å². The first-order valence-electron chi connectivity index (χ1n) is 11.2. The minimum atomic E-state index is -3.67. The fraction of sp³-hybridized carbons (Fsp3) is 0.545. The monoisotopic (exact) mass is 499 g/mol.